The number of hydrogen-bond donors (Lipinski definition) is 1. The summed E-state index contributed by atoms with van der Waals surface area (Å²) in [6, 6.07) is 11.9. The summed E-state index contributed by atoms with van der Waals surface area (Å²) < 4.78 is 2.06. The molecule has 7 heteroatoms. The molecule has 2 heterocycles. The number of aryl methyl sites for hydroxylation is 1. The molecule has 1 aliphatic heterocycles. The minimum atomic E-state index is -0.798. The predicted octanol–water partition coefficient (Wildman–Crippen LogP) is 5.49. The number of likely N-dealkylation sites (tertiary alicyclic amines) is 1. The molecule has 0 bridgehead atoms. The zero-order valence-electron chi connectivity index (χ0n) is 17.0. The fourth-order valence-corrected chi connectivity index (χ4v) is 4.43. The molecule has 1 saturated heterocycles. The zero-order valence-corrected chi connectivity index (χ0v) is 18.5. The molecule has 0 spiro atoms. The van der Waals surface area contributed by atoms with Crippen molar-refractivity contribution >= 4 is 52.1 Å². The molecule has 5 nitrogen and oxygen atoms in total. The van der Waals surface area contributed by atoms with Crippen molar-refractivity contribution in [3.05, 3.63) is 64.3 Å². The largest absolute Gasteiger partial charge is 0.481 e. The molecule has 0 aliphatic carbocycles. The maximum absolute atomic E-state index is 12.7. The van der Waals surface area contributed by atoms with Gasteiger partial charge in [0.2, 0.25) is 5.91 Å². The maximum Gasteiger partial charge on any atom is 0.306 e. The Hall–Kier alpha value is -2.76. The summed E-state index contributed by atoms with van der Waals surface area (Å²) in [6.07, 6.45) is 6.13. The number of aliphatic carboxylic acids is 1. The Morgan fingerprint density at radius 3 is 2.55 bits per heavy atom. The van der Waals surface area contributed by atoms with E-state index in [0.717, 1.165) is 22.0 Å². The number of carbonyl (C=O) groups excluding carboxylic acids is 1. The summed E-state index contributed by atoms with van der Waals surface area (Å²) in [5, 5.41) is 11.0. The lowest BCUT2D eigenvalue weighted by molar-refractivity contribution is -0.144. The van der Waals surface area contributed by atoms with E-state index in [2.05, 4.69) is 22.8 Å². The molecule has 3 aromatic rings. The number of nitrogens with zero attached hydrogens (tertiary/aromatic N) is 2. The van der Waals surface area contributed by atoms with Gasteiger partial charge in [-0.25, -0.2) is 0 Å². The highest BCUT2D eigenvalue weighted by atomic mass is 35.5. The smallest absolute Gasteiger partial charge is 0.306 e. The Morgan fingerprint density at radius 2 is 1.84 bits per heavy atom. The van der Waals surface area contributed by atoms with Gasteiger partial charge in [-0.2, -0.15) is 0 Å². The van der Waals surface area contributed by atoms with Gasteiger partial charge in [0.15, 0.2) is 0 Å². The Balaban J connectivity index is 1.62. The molecule has 0 unspecified atom stereocenters. The molecule has 0 atom stereocenters. The number of benzene rings is 2. The minimum Gasteiger partial charge on any atom is -0.481 e. The van der Waals surface area contributed by atoms with E-state index in [-0.39, 0.29) is 11.8 Å². The number of aromatic nitrogens is 1. The van der Waals surface area contributed by atoms with E-state index in [1.54, 1.807) is 17.0 Å². The summed E-state index contributed by atoms with van der Waals surface area (Å²) >= 11 is 12.8. The van der Waals surface area contributed by atoms with Crippen LogP contribution in [0.4, 0.5) is 0 Å². The third-order valence-electron chi connectivity index (χ3n) is 5.88. The quantitative estimate of drug-likeness (QED) is 0.527. The van der Waals surface area contributed by atoms with E-state index in [9.17, 15) is 9.59 Å². The number of carboxylic acids is 1. The first kappa shape index (κ1) is 21.5. The Bertz CT molecular complexity index is 1190. The predicted molar refractivity (Wildman–Crippen MR) is 124 cm³/mol. The van der Waals surface area contributed by atoms with Crippen molar-refractivity contribution in [3.63, 3.8) is 0 Å². The van der Waals surface area contributed by atoms with Crippen LogP contribution in [0.1, 0.15) is 18.4 Å². The number of amides is 1. The van der Waals surface area contributed by atoms with Gasteiger partial charge in [0.05, 0.1) is 16.0 Å². The number of carboxylic acid groups (broad SMARTS) is 1. The van der Waals surface area contributed by atoms with Crippen molar-refractivity contribution in [2.75, 3.05) is 13.1 Å². The first-order valence-electron chi connectivity index (χ1n) is 10.1. The van der Waals surface area contributed by atoms with Gasteiger partial charge in [0.1, 0.15) is 0 Å². The van der Waals surface area contributed by atoms with E-state index >= 15 is 0 Å². The third kappa shape index (κ3) is 4.34. The van der Waals surface area contributed by atoms with E-state index in [1.807, 2.05) is 25.4 Å². The normalized spacial score (nSPS) is 15.1. The number of fused-ring (bicyclic) bond motifs is 1. The van der Waals surface area contributed by atoms with Crippen molar-refractivity contribution in [2.24, 2.45) is 13.0 Å². The second-order valence-electron chi connectivity index (χ2n) is 7.79. The van der Waals surface area contributed by atoms with Gasteiger partial charge >= 0.3 is 5.97 Å². The number of carbonyl (C=O) groups is 2. The molecular weight excluding hydrogens is 435 g/mol. The van der Waals surface area contributed by atoms with Crippen LogP contribution in [0.25, 0.3) is 28.1 Å². The number of halogens is 2. The summed E-state index contributed by atoms with van der Waals surface area (Å²) in [5.74, 6) is -1.34. The van der Waals surface area contributed by atoms with Crippen molar-refractivity contribution in [3.8, 4) is 11.1 Å². The van der Waals surface area contributed by atoms with Gasteiger partial charge < -0.3 is 14.6 Å². The number of rotatable bonds is 4. The fraction of sp³-hybridized carbons (Fsp3) is 0.250. The molecule has 1 aliphatic rings. The molecule has 31 heavy (non-hydrogen) atoms. The summed E-state index contributed by atoms with van der Waals surface area (Å²) in [5.41, 5.74) is 3.67. The van der Waals surface area contributed by atoms with Crippen molar-refractivity contribution in [2.45, 2.75) is 12.8 Å². The van der Waals surface area contributed by atoms with Gasteiger partial charge in [-0.3, -0.25) is 9.59 Å². The SMILES string of the molecule is Cn1ccc2cc(-c3ccc(Cl)c(Cl)c3C=CC(=O)N3CCC(C(=O)O)CC3)ccc21. The van der Waals surface area contributed by atoms with Gasteiger partial charge in [-0.15, -0.1) is 0 Å². The van der Waals surface area contributed by atoms with Crippen molar-refractivity contribution < 1.29 is 14.7 Å². The van der Waals surface area contributed by atoms with Crippen LogP contribution in [-0.4, -0.2) is 39.5 Å². The molecule has 0 saturated carbocycles. The Kier molecular flexibility index (Phi) is 6.08. The number of piperidine rings is 1. The summed E-state index contributed by atoms with van der Waals surface area (Å²) in [4.78, 5) is 25.5. The topological polar surface area (TPSA) is 62.5 Å². The van der Waals surface area contributed by atoms with Gasteiger partial charge in [-0.05, 0) is 54.3 Å². The average molecular weight is 457 g/mol. The highest BCUT2D eigenvalue weighted by Gasteiger charge is 2.26. The second kappa shape index (κ2) is 8.77. The molecular formula is C24H22Cl2N2O3. The van der Waals surface area contributed by atoms with E-state index in [0.29, 0.717) is 41.5 Å². The zero-order chi connectivity index (χ0) is 22.1. The summed E-state index contributed by atoms with van der Waals surface area (Å²) in [7, 11) is 2.00. The molecule has 1 fully saturated rings. The first-order chi connectivity index (χ1) is 14.8. The fourth-order valence-electron chi connectivity index (χ4n) is 4.04. The van der Waals surface area contributed by atoms with Crippen LogP contribution in [0, 0.1) is 5.92 Å². The van der Waals surface area contributed by atoms with Crippen LogP contribution in [0.2, 0.25) is 10.0 Å². The van der Waals surface area contributed by atoms with Crippen LogP contribution in [0.15, 0.2) is 48.7 Å². The van der Waals surface area contributed by atoms with E-state index < -0.39 is 5.97 Å². The Morgan fingerprint density at radius 1 is 1.10 bits per heavy atom. The monoisotopic (exact) mass is 456 g/mol. The minimum absolute atomic E-state index is 0.163. The molecule has 1 N–H and O–H groups in total. The van der Waals surface area contributed by atoms with E-state index in [1.165, 1.54) is 6.08 Å². The van der Waals surface area contributed by atoms with Gasteiger partial charge in [-0.1, -0.05) is 35.3 Å². The standard InChI is InChI=1S/C24H22Cl2N2O3/c1-27-11-8-17-14-16(2-6-21(17)27)18-3-5-20(25)23(26)19(18)4-7-22(29)28-12-9-15(10-13-28)24(30)31/h2-8,11,14-15H,9-10,12-13H2,1H3,(H,30,31). The average Bonchev–Trinajstić information content (AvgIpc) is 3.14. The second-order valence-corrected chi connectivity index (χ2v) is 8.58. The molecule has 1 aromatic heterocycles. The third-order valence-corrected chi connectivity index (χ3v) is 6.70. The lowest BCUT2D eigenvalue weighted by Crippen LogP contribution is -2.39. The Labute approximate surface area is 190 Å². The first-order valence-corrected chi connectivity index (χ1v) is 10.8. The van der Waals surface area contributed by atoms with Crippen LogP contribution in [0.5, 0.6) is 0 Å². The molecule has 2 aromatic carbocycles. The molecule has 0 radical (unpaired) electrons. The lowest BCUT2D eigenvalue weighted by Gasteiger charge is -2.29. The van der Waals surface area contributed by atoms with Crippen LogP contribution < -0.4 is 0 Å². The summed E-state index contributed by atoms with van der Waals surface area (Å²) in [6.45, 7) is 0.863. The van der Waals surface area contributed by atoms with Gasteiger partial charge in [0, 0.05) is 48.9 Å². The lowest BCUT2D eigenvalue weighted by atomic mass is 9.96. The van der Waals surface area contributed by atoms with Gasteiger partial charge in [0.25, 0.3) is 0 Å². The van der Waals surface area contributed by atoms with Crippen molar-refractivity contribution in [1.29, 1.82) is 0 Å². The molecule has 160 valence electrons. The van der Waals surface area contributed by atoms with Crippen LogP contribution >= 0.6 is 23.2 Å². The number of hydrogen-bond acceptors (Lipinski definition) is 2. The molecule has 1 amide bonds. The highest BCUT2D eigenvalue weighted by Crippen LogP contribution is 2.36. The molecule has 4 rings (SSSR count). The van der Waals surface area contributed by atoms with Crippen molar-refractivity contribution in [1.82, 2.24) is 9.47 Å². The highest BCUT2D eigenvalue weighted by molar-refractivity contribution is 6.43. The maximum atomic E-state index is 12.7. The van der Waals surface area contributed by atoms with Crippen LogP contribution in [0.3, 0.4) is 0 Å². The van der Waals surface area contributed by atoms with E-state index in [4.69, 9.17) is 28.3 Å². The van der Waals surface area contributed by atoms with Crippen LogP contribution in [-0.2, 0) is 16.6 Å².